The van der Waals surface area contributed by atoms with Crippen molar-refractivity contribution in [3.63, 3.8) is 0 Å². The minimum Gasteiger partial charge on any atom is -0.487 e. The summed E-state index contributed by atoms with van der Waals surface area (Å²) in [5.74, 6) is 0.736. The molecule has 106 valence electrons. The van der Waals surface area contributed by atoms with E-state index in [2.05, 4.69) is 58.0 Å². The normalized spacial score (nSPS) is 11.4. The molecule has 2 heteroatoms. The third kappa shape index (κ3) is 3.77. The Hall–Kier alpha value is -1.47. The molecule has 0 heterocycles. The Bertz CT molecular complexity index is 579. The first kappa shape index (κ1) is 14.9. The molecule has 0 unspecified atom stereocenters. The second kappa shape index (κ2) is 5.88. The quantitative estimate of drug-likeness (QED) is 0.722. The molecule has 0 aliphatic heterocycles. The fourth-order valence-corrected chi connectivity index (χ4v) is 2.16. The maximum atomic E-state index is 6.30. The van der Waals surface area contributed by atoms with Gasteiger partial charge < -0.3 is 4.74 Å². The number of benzene rings is 2. The Morgan fingerprint density at radius 3 is 2.20 bits per heavy atom. The molecule has 20 heavy (non-hydrogen) atoms. The third-order valence-electron chi connectivity index (χ3n) is 3.31. The smallest absolute Gasteiger partial charge is 0.138 e. The van der Waals surface area contributed by atoms with E-state index in [9.17, 15) is 0 Å². The van der Waals surface area contributed by atoms with E-state index in [0.29, 0.717) is 11.6 Å². The molecule has 0 atom stereocenters. The molecule has 1 nitrogen and oxygen atoms in total. The third-order valence-corrected chi connectivity index (χ3v) is 3.61. The van der Waals surface area contributed by atoms with Gasteiger partial charge in [0.2, 0.25) is 0 Å². The average Bonchev–Trinajstić information content (AvgIpc) is 2.38. The van der Waals surface area contributed by atoms with E-state index in [1.54, 1.807) is 0 Å². The molecular weight excluding hydrogens is 268 g/mol. The topological polar surface area (TPSA) is 9.23 Å². The first-order valence-corrected chi connectivity index (χ1v) is 7.22. The van der Waals surface area contributed by atoms with Gasteiger partial charge in [-0.3, -0.25) is 0 Å². The monoisotopic (exact) mass is 288 g/mol. The molecule has 0 fully saturated rings. The van der Waals surface area contributed by atoms with Crippen LogP contribution in [0.4, 0.5) is 0 Å². The van der Waals surface area contributed by atoms with Gasteiger partial charge in [-0.15, -0.1) is 0 Å². The lowest BCUT2D eigenvalue weighted by molar-refractivity contribution is 0.306. The lowest BCUT2D eigenvalue weighted by Crippen LogP contribution is -2.10. The van der Waals surface area contributed by atoms with E-state index in [1.165, 1.54) is 11.1 Å². The molecule has 0 radical (unpaired) electrons. The van der Waals surface area contributed by atoms with Gasteiger partial charge in [0, 0.05) is 0 Å². The highest BCUT2D eigenvalue weighted by Crippen LogP contribution is 2.31. The van der Waals surface area contributed by atoms with Crippen molar-refractivity contribution in [3.05, 3.63) is 64.2 Å². The maximum Gasteiger partial charge on any atom is 0.138 e. The fourth-order valence-electron chi connectivity index (χ4n) is 1.93. The molecule has 0 bridgehead atoms. The SMILES string of the molecule is Cc1ccc(COc2ccc(C(C)(C)C)cc2Cl)cc1. The second-order valence-corrected chi connectivity index (χ2v) is 6.58. The van der Waals surface area contributed by atoms with Gasteiger partial charge in [0.25, 0.3) is 0 Å². The van der Waals surface area contributed by atoms with Gasteiger partial charge in [-0.25, -0.2) is 0 Å². The van der Waals surface area contributed by atoms with Crippen LogP contribution in [-0.2, 0) is 12.0 Å². The first-order chi connectivity index (χ1) is 9.36. The van der Waals surface area contributed by atoms with Crippen molar-refractivity contribution in [2.24, 2.45) is 0 Å². The summed E-state index contributed by atoms with van der Waals surface area (Å²) in [5, 5.41) is 0.671. The summed E-state index contributed by atoms with van der Waals surface area (Å²) < 4.78 is 5.80. The molecule has 0 amide bonds. The van der Waals surface area contributed by atoms with Crippen LogP contribution >= 0.6 is 11.6 Å². The van der Waals surface area contributed by atoms with Crippen LogP contribution in [0.25, 0.3) is 0 Å². The molecule has 0 spiro atoms. The average molecular weight is 289 g/mol. The lowest BCUT2D eigenvalue weighted by atomic mass is 9.87. The number of hydrogen-bond donors (Lipinski definition) is 0. The Balaban J connectivity index is 2.08. The van der Waals surface area contributed by atoms with Crippen molar-refractivity contribution in [3.8, 4) is 5.75 Å². The van der Waals surface area contributed by atoms with Gasteiger partial charge in [-0.2, -0.15) is 0 Å². The van der Waals surface area contributed by atoms with Crippen molar-refractivity contribution >= 4 is 11.6 Å². The van der Waals surface area contributed by atoms with Crippen LogP contribution in [0.3, 0.4) is 0 Å². The summed E-state index contributed by atoms with van der Waals surface area (Å²) in [6, 6.07) is 14.4. The Morgan fingerprint density at radius 2 is 1.65 bits per heavy atom. The van der Waals surface area contributed by atoms with E-state index in [0.717, 1.165) is 11.3 Å². The van der Waals surface area contributed by atoms with Crippen LogP contribution in [0.1, 0.15) is 37.5 Å². The minimum atomic E-state index is 0.0964. The van der Waals surface area contributed by atoms with Crippen molar-refractivity contribution in [1.29, 1.82) is 0 Å². The summed E-state index contributed by atoms with van der Waals surface area (Å²) in [6.07, 6.45) is 0. The van der Waals surface area contributed by atoms with E-state index in [4.69, 9.17) is 16.3 Å². The van der Waals surface area contributed by atoms with Crippen molar-refractivity contribution in [1.82, 2.24) is 0 Å². The van der Waals surface area contributed by atoms with Crippen LogP contribution in [0.15, 0.2) is 42.5 Å². The van der Waals surface area contributed by atoms with Gasteiger partial charge in [0.15, 0.2) is 0 Å². The van der Waals surface area contributed by atoms with Crippen molar-refractivity contribution < 1.29 is 4.74 Å². The van der Waals surface area contributed by atoms with Crippen molar-refractivity contribution in [2.75, 3.05) is 0 Å². The van der Waals surface area contributed by atoms with Crippen LogP contribution in [-0.4, -0.2) is 0 Å². The molecule has 2 aromatic carbocycles. The van der Waals surface area contributed by atoms with Gasteiger partial charge >= 0.3 is 0 Å². The van der Waals surface area contributed by atoms with Crippen LogP contribution < -0.4 is 4.74 Å². The largest absolute Gasteiger partial charge is 0.487 e. The van der Waals surface area contributed by atoms with E-state index in [-0.39, 0.29) is 5.41 Å². The summed E-state index contributed by atoms with van der Waals surface area (Å²) in [6.45, 7) is 9.13. The molecule has 0 aliphatic carbocycles. The zero-order valence-electron chi connectivity index (χ0n) is 12.5. The summed E-state index contributed by atoms with van der Waals surface area (Å²) in [7, 11) is 0. The number of hydrogen-bond acceptors (Lipinski definition) is 1. The van der Waals surface area contributed by atoms with E-state index < -0.39 is 0 Å². The molecule has 0 saturated heterocycles. The number of rotatable bonds is 3. The molecule has 0 aromatic heterocycles. The first-order valence-electron chi connectivity index (χ1n) is 6.84. The highest BCUT2D eigenvalue weighted by molar-refractivity contribution is 6.32. The summed E-state index contributed by atoms with van der Waals surface area (Å²) >= 11 is 6.30. The Kier molecular flexibility index (Phi) is 4.39. The molecule has 0 saturated carbocycles. The van der Waals surface area contributed by atoms with Crippen LogP contribution in [0.5, 0.6) is 5.75 Å². The molecule has 2 aromatic rings. The number of halogens is 1. The Morgan fingerprint density at radius 1 is 1.00 bits per heavy atom. The van der Waals surface area contributed by atoms with Crippen molar-refractivity contribution in [2.45, 2.75) is 39.7 Å². The highest BCUT2D eigenvalue weighted by Gasteiger charge is 2.15. The van der Waals surface area contributed by atoms with Gasteiger partial charge in [0.1, 0.15) is 12.4 Å². The van der Waals surface area contributed by atoms with Crippen LogP contribution in [0, 0.1) is 6.92 Å². The second-order valence-electron chi connectivity index (χ2n) is 6.17. The molecule has 0 aliphatic rings. The molecular formula is C18H21ClO. The van der Waals surface area contributed by atoms with Gasteiger partial charge in [0.05, 0.1) is 5.02 Å². The number of aryl methyl sites for hydroxylation is 1. The maximum absolute atomic E-state index is 6.30. The standard InChI is InChI=1S/C18H21ClO/c1-13-5-7-14(8-6-13)12-20-17-10-9-15(11-16(17)19)18(2,3)4/h5-11H,12H2,1-4H3. The van der Waals surface area contributed by atoms with Gasteiger partial charge in [-0.1, -0.05) is 68.3 Å². The number of ether oxygens (including phenoxy) is 1. The van der Waals surface area contributed by atoms with E-state index in [1.807, 2.05) is 12.1 Å². The highest BCUT2D eigenvalue weighted by atomic mass is 35.5. The minimum absolute atomic E-state index is 0.0964. The van der Waals surface area contributed by atoms with Crippen LogP contribution in [0.2, 0.25) is 5.02 Å². The van der Waals surface area contributed by atoms with E-state index >= 15 is 0 Å². The fraction of sp³-hybridized carbons (Fsp3) is 0.333. The predicted molar refractivity (Wildman–Crippen MR) is 85.7 cm³/mol. The lowest BCUT2D eigenvalue weighted by Gasteiger charge is -2.20. The zero-order valence-corrected chi connectivity index (χ0v) is 13.3. The summed E-state index contributed by atoms with van der Waals surface area (Å²) in [5.41, 5.74) is 3.71. The predicted octanol–water partition coefficient (Wildman–Crippen LogP) is 5.52. The molecule has 0 N–H and O–H groups in total. The zero-order chi connectivity index (χ0) is 14.8. The molecule has 2 rings (SSSR count). The Labute approximate surface area is 126 Å². The van der Waals surface area contributed by atoms with Gasteiger partial charge in [-0.05, 0) is 35.6 Å². The summed E-state index contributed by atoms with van der Waals surface area (Å²) in [4.78, 5) is 0.